The topological polar surface area (TPSA) is 71.1 Å². The second-order valence-corrected chi connectivity index (χ2v) is 2.81. The van der Waals surface area contributed by atoms with Gasteiger partial charge in [-0.2, -0.15) is 0 Å². The van der Waals surface area contributed by atoms with E-state index in [1.165, 1.54) is 14.2 Å². The number of esters is 2. The molecule has 6 nitrogen and oxygen atoms in total. The maximum Gasteiger partial charge on any atom is 0.333 e. The monoisotopic (exact) mass is 232 g/mol. The predicted molar refractivity (Wildman–Crippen MR) is 54.3 cm³/mol. The van der Waals surface area contributed by atoms with E-state index in [9.17, 15) is 9.59 Å². The van der Waals surface area contributed by atoms with Gasteiger partial charge in [-0.05, 0) is 13.8 Å². The SMILES string of the molecule is COC(C)OC(=O)C=CC(=O)OC(C)OC. The molecule has 0 aliphatic heterocycles. The largest absolute Gasteiger partial charge is 0.433 e. The summed E-state index contributed by atoms with van der Waals surface area (Å²) in [6.45, 7) is 3.11. The van der Waals surface area contributed by atoms with Gasteiger partial charge >= 0.3 is 11.9 Å². The van der Waals surface area contributed by atoms with Crippen molar-refractivity contribution in [3.05, 3.63) is 12.2 Å². The van der Waals surface area contributed by atoms with E-state index in [4.69, 9.17) is 18.9 Å². The molecular formula is C10H16O6. The minimum Gasteiger partial charge on any atom is -0.433 e. The third-order valence-corrected chi connectivity index (χ3v) is 1.58. The molecule has 2 atom stereocenters. The van der Waals surface area contributed by atoms with Crippen LogP contribution in [0.4, 0.5) is 0 Å². The lowest BCUT2D eigenvalue weighted by Gasteiger charge is -2.09. The minimum absolute atomic E-state index is 0.661. The summed E-state index contributed by atoms with van der Waals surface area (Å²) < 4.78 is 18.8. The van der Waals surface area contributed by atoms with Gasteiger partial charge in [0, 0.05) is 26.4 Å². The molecule has 0 saturated carbocycles. The Balaban J connectivity index is 3.98. The lowest BCUT2D eigenvalue weighted by Crippen LogP contribution is -2.16. The molecule has 0 fully saturated rings. The molecule has 0 radical (unpaired) electrons. The molecule has 0 bridgehead atoms. The number of carbonyl (C=O) groups is 2. The van der Waals surface area contributed by atoms with Gasteiger partial charge in [0.1, 0.15) is 0 Å². The fraction of sp³-hybridized carbons (Fsp3) is 0.600. The van der Waals surface area contributed by atoms with E-state index in [-0.39, 0.29) is 0 Å². The lowest BCUT2D eigenvalue weighted by molar-refractivity contribution is -0.166. The molecule has 92 valence electrons. The standard InChI is InChI=1S/C10H16O6/c1-7(13-3)15-9(11)5-6-10(12)16-8(2)14-4/h5-8H,1-4H3. The van der Waals surface area contributed by atoms with Gasteiger partial charge in [0.2, 0.25) is 0 Å². The minimum atomic E-state index is -0.684. The number of carbonyl (C=O) groups excluding carboxylic acids is 2. The Morgan fingerprint density at radius 1 is 0.875 bits per heavy atom. The lowest BCUT2D eigenvalue weighted by atomic mass is 10.5. The van der Waals surface area contributed by atoms with Gasteiger partial charge in [-0.1, -0.05) is 0 Å². The van der Waals surface area contributed by atoms with Crippen LogP contribution in [0.3, 0.4) is 0 Å². The van der Waals surface area contributed by atoms with E-state index in [1.54, 1.807) is 13.8 Å². The second-order valence-electron chi connectivity index (χ2n) is 2.81. The Morgan fingerprint density at radius 3 is 1.44 bits per heavy atom. The van der Waals surface area contributed by atoms with Crippen molar-refractivity contribution in [2.24, 2.45) is 0 Å². The first-order valence-electron chi connectivity index (χ1n) is 4.64. The summed E-state index contributed by atoms with van der Waals surface area (Å²) >= 11 is 0. The summed E-state index contributed by atoms with van der Waals surface area (Å²) in [7, 11) is 2.80. The molecule has 0 amide bonds. The van der Waals surface area contributed by atoms with E-state index in [0.717, 1.165) is 12.2 Å². The third kappa shape index (κ3) is 6.97. The Labute approximate surface area is 94.1 Å². The van der Waals surface area contributed by atoms with E-state index in [2.05, 4.69) is 0 Å². The van der Waals surface area contributed by atoms with E-state index < -0.39 is 24.5 Å². The quantitative estimate of drug-likeness (QED) is 0.379. The molecular weight excluding hydrogens is 216 g/mol. The van der Waals surface area contributed by atoms with Crippen molar-refractivity contribution in [1.82, 2.24) is 0 Å². The predicted octanol–water partition coefficient (Wildman–Crippen LogP) is 0.614. The first-order valence-corrected chi connectivity index (χ1v) is 4.64. The molecule has 0 N–H and O–H groups in total. The maximum absolute atomic E-state index is 11.0. The van der Waals surface area contributed by atoms with Crippen LogP contribution in [0.1, 0.15) is 13.8 Å². The molecule has 0 spiro atoms. The van der Waals surface area contributed by atoms with Gasteiger partial charge < -0.3 is 18.9 Å². The van der Waals surface area contributed by atoms with Crippen molar-refractivity contribution in [2.45, 2.75) is 26.4 Å². The molecule has 16 heavy (non-hydrogen) atoms. The van der Waals surface area contributed by atoms with Crippen molar-refractivity contribution >= 4 is 11.9 Å². The summed E-state index contributed by atoms with van der Waals surface area (Å²) in [6.07, 6.45) is 0.595. The average Bonchev–Trinajstić information content (AvgIpc) is 2.26. The van der Waals surface area contributed by atoms with E-state index in [1.807, 2.05) is 0 Å². The normalized spacial score (nSPS) is 14.5. The van der Waals surface area contributed by atoms with Crippen LogP contribution in [-0.4, -0.2) is 38.7 Å². The zero-order valence-corrected chi connectivity index (χ0v) is 9.76. The molecule has 0 saturated heterocycles. The van der Waals surface area contributed by atoms with Gasteiger partial charge in [0.15, 0.2) is 12.6 Å². The highest BCUT2D eigenvalue weighted by Gasteiger charge is 2.07. The van der Waals surface area contributed by atoms with Crippen molar-refractivity contribution in [3.8, 4) is 0 Å². The molecule has 0 rings (SSSR count). The maximum atomic E-state index is 11.0. The van der Waals surface area contributed by atoms with Gasteiger partial charge in [0.05, 0.1) is 0 Å². The van der Waals surface area contributed by atoms with E-state index >= 15 is 0 Å². The van der Waals surface area contributed by atoms with Crippen molar-refractivity contribution in [1.29, 1.82) is 0 Å². The van der Waals surface area contributed by atoms with Crippen molar-refractivity contribution < 1.29 is 28.5 Å². The van der Waals surface area contributed by atoms with Crippen LogP contribution in [-0.2, 0) is 28.5 Å². The summed E-state index contributed by atoms with van der Waals surface area (Å²) in [5.74, 6) is -1.37. The summed E-state index contributed by atoms with van der Waals surface area (Å²) in [4.78, 5) is 22.1. The van der Waals surface area contributed by atoms with Crippen LogP contribution in [0.25, 0.3) is 0 Å². The summed E-state index contributed by atoms with van der Waals surface area (Å²) in [5, 5.41) is 0. The molecule has 0 aromatic heterocycles. The van der Waals surface area contributed by atoms with Crippen LogP contribution in [0.15, 0.2) is 12.2 Å². The van der Waals surface area contributed by atoms with Crippen LogP contribution in [0, 0.1) is 0 Å². The number of hydrogen-bond acceptors (Lipinski definition) is 6. The highest BCUT2D eigenvalue weighted by Crippen LogP contribution is 1.95. The van der Waals surface area contributed by atoms with Crippen LogP contribution in [0.2, 0.25) is 0 Å². The van der Waals surface area contributed by atoms with Crippen molar-refractivity contribution in [2.75, 3.05) is 14.2 Å². The summed E-state index contributed by atoms with van der Waals surface area (Å²) in [5.41, 5.74) is 0. The Morgan fingerprint density at radius 2 is 1.19 bits per heavy atom. The molecule has 0 aliphatic rings. The fourth-order valence-electron chi connectivity index (χ4n) is 0.638. The number of rotatable bonds is 6. The Hall–Kier alpha value is -1.40. The first-order chi connectivity index (χ1) is 7.49. The zero-order chi connectivity index (χ0) is 12.6. The van der Waals surface area contributed by atoms with E-state index in [0.29, 0.717) is 0 Å². The van der Waals surface area contributed by atoms with Gasteiger partial charge in [0.25, 0.3) is 0 Å². The highest BCUT2D eigenvalue weighted by atomic mass is 16.7. The molecule has 6 heteroatoms. The zero-order valence-electron chi connectivity index (χ0n) is 9.76. The fourth-order valence-corrected chi connectivity index (χ4v) is 0.638. The average molecular weight is 232 g/mol. The van der Waals surface area contributed by atoms with Crippen molar-refractivity contribution in [3.63, 3.8) is 0 Å². The highest BCUT2D eigenvalue weighted by molar-refractivity contribution is 5.91. The molecule has 0 aliphatic carbocycles. The number of ether oxygens (including phenoxy) is 4. The molecule has 0 aromatic carbocycles. The molecule has 0 heterocycles. The van der Waals surface area contributed by atoms with Gasteiger partial charge in [-0.25, -0.2) is 9.59 Å². The first kappa shape index (κ1) is 14.6. The smallest absolute Gasteiger partial charge is 0.333 e. The second kappa shape index (κ2) is 7.84. The summed E-state index contributed by atoms with van der Waals surface area (Å²) in [6, 6.07) is 0. The molecule has 2 unspecified atom stereocenters. The number of hydrogen-bond donors (Lipinski definition) is 0. The van der Waals surface area contributed by atoms with Crippen LogP contribution >= 0.6 is 0 Å². The van der Waals surface area contributed by atoms with Gasteiger partial charge in [-0.3, -0.25) is 0 Å². The Bertz CT molecular complexity index is 234. The van der Waals surface area contributed by atoms with Crippen LogP contribution in [0.5, 0.6) is 0 Å². The van der Waals surface area contributed by atoms with Crippen LogP contribution < -0.4 is 0 Å². The molecule has 0 aromatic rings. The van der Waals surface area contributed by atoms with Gasteiger partial charge in [-0.15, -0.1) is 0 Å². The third-order valence-electron chi connectivity index (χ3n) is 1.58. The number of methoxy groups -OCH3 is 2. The Kier molecular flexibility index (Phi) is 7.15.